The van der Waals surface area contributed by atoms with Crippen LogP contribution in [0.2, 0.25) is 5.02 Å². The van der Waals surface area contributed by atoms with E-state index in [1.165, 1.54) is 21.3 Å². The minimum atomic E-state index is -3.62. The van der Waals surface area contributed by atoms with Crippen molar-refractivity contribution < 1.29 is 22.4 Å². The van der Waals surface area contributed by atoms with E-state index in [0.717, 1.165) is 11.8 Å². The molecule has 0 aliphatic carbocycles. The number of nitrogens with zero attached hydrogens (tertiary/aromatic N) is 2. The van der Waals surface area contributed by atoms with Gasteiger partial charge in [-0.1, -0.05) is 43.6 Å². The van der Waals surface area contributed by atoms with Crippen molar-refractivity contribution in [2.45, 2.75) is 53.1 Å². The van der Waals surface area contributed by atoms with Gasteiger partial charge in [0.1, 0.15) is 11.9 Å². The Bertz CT molecular complexity index is 1160. The highest BCUT2D eigenvalue weighted by atomic mass is 35.5. The number of nitrogens with one attached hydrogen (secondary N) is 1. The second-order valence-corrected chi connectivity index (χ2v) is 11.7. The summed E-state index contributed by atoms with van der Waals surface area (Å²) < 4.78 is 39.6. The first-order valence-corrected chi connectivity index (χ1v) is 14.1. The van der Waals surface area contributed by atoms with Crippen molar-refractivity contribution in [1.82, 2.24) is 10.2 Å². The smallest absolute Gasteiger partial charge is 0.242 e. The summed E-state index contributed by atoms with van der Waals surface area (Å²) in [6, 6.07) is 10.00. The minimum absolute atomic E-state index is 0.0224. The van der Waals surface area contributed by atoms with Crippen LogP contribution in [0.4, 0.5) is 10.1 Å². The van der Waals surface area contributed by atoms with Gasteiger partial charge in [-0.2, -0.15) is 0 Å². The Kier molecular flexibility index (Phi) is 10.7. The molecule has 0 fully saturated rings. The van der Waals surface area contributed by atoms with Gasteiger partial charge in [0.2, 0.25) is 21.8 Å². The number of hydrogen-bond donors (Lipinski definition) is 1. The van der Waals surface area contributed by atoms with Crippen LogP contribution in [0.25, 0.3) is 0 Å². The maximum Gasteiger partial charge on any atom is 0.242 e. The van der Waals surface area contributed by atoms with E-state index in [1.807, 2.05) is 13.8 Å². The van der Waals surface area contributed by atoms with Gasteiger partial charge in [-0.3, -0.25) is 13.9 Å². The van der Waals surface area contributed by atoms with E-state index < -0.39 is 21.9 Å². The predicted molar refractivity (Wildman–Crippen MR) is 142 cm³/mol. The van der Waals surface area contributed by atoms with Gasteiger partial charge in [0.25, 0.3) is 0 Å². The number of rotatable bonds is 12. The molecular weight excluding hydrogens is 505 g/mol. The van der Waals surface area contributed by atoms with E-state index >= 15 is 0 Å². The van der Waals surface area contributed by atoms with Crippen LogP contribution in [0.15, 0.2) is 42.5 Å². The molecule has 1 N–H and O–H groups in total. The van der Waals surface area contributed by atoms with E-state index in [0.29, 0.717) is 22.8 Å². The fourth-order valence-corrected chi connectivity index (χ4v) is 4.84. The maximum absolute atomic E-state index is 13.4. The van der Waals surface area contributed by atoms with Crippen molar-refractivity contribution in [3.63, 3.8) is 0 Å². The molecule has 0 spiro atoms. The third-order valence-corrected chi connectivity index (χ3v) is 7.13. The summed E-state index contributed by atoms with van der Waals surface area (Å²) >= 11 is 6.09. The summed E-state index contributed by atoms with van der Waals surface area (Å²) in [5.41, 5.74) is 1.88. The number of aryl methyl sites for hydroxylation is 1. The predicted octanol–water partition coefficient (Wildman–Crippen LogP) is 4.52. The number of anilines is 1. The van der Waals surface area contributed by atoms with Gasteiger partial charge >= 0.3 is 0 Å². The summed E-state index contributed by atoms with van der Waals surface area (Å²) in [6.07, 6.45) is 1.36. The number of hydrogen-bond acceptors (Lipinski definition) is 4. The Morgan fingerprint density at radius 2 is 1.72 bits per heavy atom. The molecule has 2 aromatic carbocycles. The lowest BCUT2D eigenvalue weighted by Crippen LogP contribution is -2.48. The van der Waals surface area contributed by atoms with Crippen molar-refractivity contribution in [2.24, 2.45) is 5.92 Å². The van der Waals surface area contributed by atoms with E-state index in [4.69, 9.17) is 11.6 Å². The number of amides is 2. The number of carbonyl (C=O) groups excluding carboxylic acids is 2. The van der Waals surface area contributed by atoms with Crippen LogP contribution < -0.4 is 9.62 Å². The molecule has 0 aliphatic rings. The molecule has 1 atom stereocenters. The zero-order valence-corrected chi connectivity index (χ0v) is 23.0. The molecule has 198 valence electrons. The lowest BCUT2D eigenvalue weighted by Gasteiger charge is -2.30. The van der Waals surface area contributed by atoms with Crippen LogP contribution in [-0.4, -0.2) is 50.5 Å². The fraction of sp³-hybridized carbons (Fsp3) is 0.462. The summed E-state index contributed by atoms with van der Waals surface area (Å²) in [4.78, 5) is 27.5. The molecule has 0 aromatic heterocycles. The van der Waals surface area contributed by atoms with Gasteiger partial charge in [0.05, 0.1) is 11.9 Å². The van der Waals surface area contributed by atoms with Crippen molar-refractivity contribution in [2.75, 3.05) is 23.7 Å². The SMILES string of the molecule is Cc1ccc(Cl)cc1N(CCCC(=O)N(Cc1ccc(F)cc1)C(C)C(=O)NCC(C)C)S(C)(=O)=O. The molecule has 2 rings (SSSR count). The molecule has 10 heteroatoms. The highest BCUT2D eigenvalue weighted by Crippen LogP contribution is 2.27. The van der Waals surface area contributed by atoms with Crippen LogP contribution in [-0.2, 0) is 26.2 Å². The summed E-state index contributed by atoms with van der Waals surface area (Å²) in [5, 5.41) is 3.26. The Labute approximate surface area is 218 Å². The average molecular weight is 540 g/mol. The topological polar surface area (TPSA) is 86.8 Å². The molecular formula is C26H35ClFN3O4S. The Hall–Kier alpha value is -2.65. The van der Waals surface area contributed by atoms with Crippen molar-refractivity contribution in [3.8, 4) is 0 Å². The third-order valence-electron chi connectivity index (χ3n) is 5.71. The van der Waals surface area contributed by atoms with Crippen LogP contribution in [0.3, 0.4) is 0 Å². The zero-order valence-electron chi connectivity index (χ0n) is 21.4. The molecule has 1 unspecified atom stereocenters. The van der Waals surface area contributed by atoms with Crippen molar-refractivity contribution >= 4 is 39.1 Å². The summed E-state index contributed by atoms with van der Waals surface area (Å²) in [7, 11) is -3.62. The third kappa shape index (κ3) is 8.78. The number of sulfonamides is 1. The molecule has 36 heavy (non-hydrogen) atoms. The van der Waals surface area contributed by atoms with Crippen LogP contribution in [0.1, 0.15) is 44.7 Å². The minimum Gasteiger partial charge on any atom is -0.354 e. The normalized spacial score (nSPS) is 12.3. The Balaban J connectivity index is 2.18. The van der Waals surface area contributed by atoms with Gasteiger partial charge in [-0.05, 0) is 61.6 Å². The second-order valence-electron chi connectivity index (χ2n) is 9.33. The van der Waals surface area contributed by atoms with Crippen LogP contribution in [0, 0.1) is 18.7 Å². The van der Waals surface area contributed by atoms with E-state index in [2.05, 4.69) is 5.32 Å². The standard InChI is InChI=1S/C26H35ClFN3O4S/c1-18(2)16-29-26(33)20(4)30(17-21-9-12-23(28)13-10-21)25(32)7-6-14-31(36(5,34)35)24-15-22(27)11-8-19(24)3/h8-13,15,18,20H,6-7,14,16-17H2,1-5H3,(H,29,33). The lowest BCUT2D eigenvalue weighted by molar-refractivity contribution is -0.140. The van der Waals surface area contributed by atoms with Gasteiger partial charge in [-0.25, -0.2) is 12.8 Å². The van der Waals surface area contributed by atoms with E-state index in [9.17, 15) is 22.4 Å². The average Bonchev–Trinajstić information content (AvgIpc) is 2.80. The first-order valence-electron chi connectivity index (χ1n) is 11.8. The Morgan fingerprint density at radius 1 is 1.08 bits per heavy atom. The second kappa shape index (κ2) is 13.1. The first-order chi connectivity index (χ1) is 16.8. The molecule has 2 aromatic rings. The van der Waals surface area contributed by atoms with Crippen molar-refractivity contribution in [3.05, 3.63) is 64.4 Å². The number of carbonyl (C=O) groups is 2. The molecule has 2 amide bonds. The maximum atomic E-state index is 13.4. The molecule has 0 aliphatic heterocycles. The molecule has 0 radical (unpaired) electrons. The number of benzene rings is 2. The highest BCUT2D eigenvalue weighted by molar-refractivity contribution is 7.92. The summed E-state index contributed by atoms with van der Waals surface area (Å²) in [5.74, 6) is -0.731. The molecule has 7 nitrogen and oxygen atoms in total. The van der Waals surface area contributed by atoms with E-state index in [1.54, 1.807) is 44.2 Å². The number of halogens is 2. The summed E-state index contributed by atoms with van der Waals surface area (Å²) in [6.45, 7) is 8.06. The quantitative estimate of drug-likeness (QED) is 0.429. The molecule has 0 saturated heterocycles. The molecule has 0 bridgehead atoms. The molecule has 0 heterocycles. The molecule has 0 saturated carbocycles. The highest BCUT2D eigenvalue weighted by Gasteiger charge is 2.27. The van der Waals surface area contributed by atoms with Crippen molar-refractivity contribution in [1.29, 1.82) is 0 Å². The van der Waals surface area contributed by atoms with Gasteiger partial charge in [-0.15, -0.1) is 0 Å². The van der Waals surface area contributed by atoms with Gasteiger partial charge in [0.15, 0.2) is 0 Å². The Morgan fingerprint density at radius 3 is 2.31 bits per heavy atom. The monoisotopic (exact) mass is 539 g/mol. The van der Waals surface area contributed by atoms with Gasteiger partial charge in [0, 0.05) is 31.1 Å². The zero-order chi connectivity index (χ0) is 27.0. The van der Waals surface area contributed by atoms with Crippen LogP contribution in [0.5, 0.6) is 0 Å². The first kappa shape index (κ1) is 29.6. The largest absolute Gasteiger partial charge is 0.354 e. The van der Waals surface area contributed by atoms with Crippen LogP contribution >= 0.6 is 11.6 Å². The fourth-order valence-electron chi connectivity index (χ4n) is 3.66. The van der Waals surface area contributed by atoms with E-state index in [-0.39, 0.29) is 43.7 Å². The van der Waals surface area contributed by atoms with Gasteiger partial charge < -0.3 is 10.2 Å². The lowest BCUT2D eigenvalue weighted by atomic mass is 10.1.